The quantitative estimate of drug-likeness (QED) is 0.583. The Balaban J connectivity index is 1.81. The second kappa shape index (κ2) is 7.98. The molecule has 0 aliphatic carbocycles. The van der Waals surface area contributed by atoms with Crippen molar-refractivity contribution in [2.45, 2.75) is 6.42 Å². The van der Waals surface area contributed by atoms with Crippen LogP contribution in [-0.2, 0) is 11.2 Å². The van der Waals surface area contributed by atoms with Crippen molar-refractivity contribution in [1.29, 1.82) is 0 Å². The average Bonchev–Trinajstić information content (AvgIpc) is 2.49. The van der Waals surface area contributed by atoms with Crippen molar-refractivity contribution in [1.82, 2.24) is 10.9 Å². The topological polar surface area (TPSA) is 53.2 Å². The lowest BCUT2D eigenvalue weighted by Crippen LogP contribution is -2.44. The third kappa shape index (κ3) is 5.18. The number of anilines is 1. The number of carbonyl (C=O) groups excluding carboxylic acids is 1. The Labute approximate surface area is 143 Å². The summed E-state index contributed by atoms with van der Waals surface area (Å²) in [5, 5.41) is 4.22. The number of halogens is 2. The van der Waals surface area contributed by atoms with E-state index in [4.69, 9.17) is 35.4 Å². The summed E-state index contributed by atoms with van der Waals surface area (Å²) in [4.78, 5) is 11.9. The molecule has 0 unspecified atom stereocenters. The summed E-state index contributed by atoms with van der Waals surface area (Å²) in [6, 6.07) is 14.4. The molecule has 0 fully saturated rings. The first-order chi connectivity index (χ1) is 10.5. The number of rotatable bonds is 3. The molecule has 4 nitrogen and oxygen atoms in total. The number of benzene rings is 2. The first-order valence-corrected chi connectivity index (χ1v) is 7.56. The highest BCUT2D eigenvalue weighted by Gasteiger charge is 2.08. The Morgan fingerprint density at radius 3 is 2.45 bits per heavy atom. The molecule has 0 saturated heterocycles. The maximum absolute atomic E-state index is 11.9. The van der Waals surface area contributed by atoms with Gasteiger partial charge in [-0.15, -0.1) is 0 Å². The van der Waals surface area contributed by atoms with Gasteiger partial charge in [-0.05, 0) is 42.0 Å². The summed E-state index contributed by atoms with van der Waals surface area (Å²) >= 11 is 16.9. The van der Waals surface area contributed by atoms with Crippen LogP contribution in [0.4, 0.5) is 5.69 Å². The molecular weight excluding hydrogens is 341 g/mol. The first kappa shape index (κ1) is 16.5. The van der Waals surface area contributed by atoms with Gasteiger partial charge in [0, 0.05) is 15.7 Å². The highest BCUT2D eigenvalue weighted by Crippen LogP contribution is 2.21. The van der Waals surface area contributed by atoms with E-state index < -0.39 is 0 Å². The molecule has 0 aliphatic heterocycles. The van der Waals surface area contributed by atoms with Crippen molar-refractivity contribution in [3.05, 3.63) is 64.1 Å². The lowest BCUT2D eigenvalue weighted by Gasteiger charge is -2.12. The van der Waals surface area contributed by atoms with E-state index in [1.807, 2.05) is 30.3 Å². The maximum atomic E-state index is 11.9. The molecular formula is C15H13Cl2N3OS. The van der Waals surface area contributed by atoms with Gasteiger partial charge in [0.25, 0.3) is 0 Å². The molecule has 0 aliphatic rings. The SMILES string of the molecule is O=C(Cc1ccc(Cl)cc1Cl)NNC(=S)Nc1ccccc1. The number of hydrogen-bond acceptors (Lipinski definition) is 2. The van der Waals surface area contributed by atoms with Gasteiger partial charge >= 0.3 is 0 Å². The van der Waals surface area contributed by atoms with E-state index in [1.54, 1.807) is 18.2 Å². The van der Waals surface area contributed by atoms with E-state index in [2.05, 4.69) is 16.2 Å². The zero-order valence-electron chi connectivity index (χ0n) is 11.4. The third-order valence-electron chi connectivity index (χ3n) is 2.71. The van der Waals surface area contributed by atoms with Crippen molar-refractivity contribution < 1.29 is 4.79 Å². The summed E-state index contributed by atoms with van der Waals surface area (Å²) in [5.74, 6) is -0.263. The van der Waals surface area contributed by atoms with Crippen molar-refractivity contribution in [3.63, 3.8) is 0 Å². The molecule has 114 valence electrons. The standard InChI is InChI=1S/C15H13Cl2N3OS/c16-11-7-6-10(13(17)9-11)8-14(21)19-20-15(22)18-12-4-2-1-3-5-12/h1-7,9H,8H2,(H,19,21)(H2,18,20,22). The summed E-state index contributed by atoms with van der Waals surface area (Å²) in [6.45, 7) is 0. The Bertz CT molecular complexity index is 680. The Hall–Kier alpha value is -1.82. The lowest BCUT2D eigenvalue weighted by molar-refractivity contribution is -0.120. The first-order valence-electron chi connectivity index (χ1n) is 6.39. The highest BCUT2D eigenvalue weighted by atomic mass is 35.5. The van der Waals surface area contributed by atoms with Gasteiger partial charge in [0.1, 0.15) is 0 Å². The molecule has 0 radical (unpaired) electrons. The van der Waals surface area contributed by atoms with Crippen LogP contribution in [0.1, 0.15) is 5.56 Å². The number of hydrogen-bond donors (Lipinski definition) is 3. The van der Waals surface area contributed by atoms with Crippen LogP contribution in [0.25, 0.3) is 0 Å². The molecule has 0 bridgehead atoms. The lowest BCUT2D eigenvalue weighted by atomic mass is 10.1. The number of hydrazine groups is 1. The summed E-state index contributed by atoms with van der Waals surface area (Å²) in [7, 11) is 0. The predicted molar refractivity (Wildman–Crippen MR) is 94.1 cm³/mol. The molecule has 22 heavy (non-hydrogen) atoms. The molecule has 0 saturated carbocycles. The van der Waals surface area contributed by atoms with E-state index in [0.29, 0.717) is 20.7 Å². The van der Waals surface area contributed by atoms with E-state index in [9.17, 15) is 4.79 Å². The molecule has 2 aromatic carbocycles. The number of nitrogens with one attached hydrogen (secondary N) is 3. The second-order valence-corrected chi connectivity index (χ2v) is 5.66. The summed E-state index contributed by atoms with van der Waals surface area (Å²) in [6.07, 6.45) is 0.122. The molecule has 0 heterocycles. The van der Waals surface area contributed by atoms with E-state index >= 15 is 0 Å². The van der Waals surface area contributed by atoms with Crippen LogP contribution in [0.5, 0.6) is 0 Å². The maximum Gasteiger partial charge on any atom is 0.242 e. The van der Waals surface area contributed by atoms with Gasteiger partial charge in [0.05, 0.1) is 6.42 Å². The van der Waals surface area contributed by atoms with Crippen LogP contribution in [0.2, 0.25) is 10.0 Å². The minimum Gasteiger partial charge on any atom is -0.331 e. The average molecular weight is 354 g/mol. The van der Waals surface area contributed by atoms with Crippen molar-refractivity contribution in [3.8, 4) is 0 Å². The van der Waals surface area contributed by atoms with Crippen molar-refractivity contribution >= 4 is 52.1 Å². The second-order valence-electron chi connectivity index (χ2n) is 4.41. The van der Waals surface area contributed by atoms with Crippen LogP contribution >= 0.6 is 35.4 Å². The Morgan fingerprint density at radius 1 is 1.05 bits per heavy atom. The van der Waals surface area contributed by atoms with Crippen LogP contribution in [0, 0.1) is 0 Å². The smallest absolute Gasteiger partial charge is 0.242 e. The molecule has 0 atom stereocenters. The normalized spacial score (nSPS) is 9.91. The van der Waals surface area contributed by atoms with Crippen LogP contribution in [0.15, 0.2) is 48.5 Å². The highest BCUT2D eigenvalue weighted by molar-refractivity contribution is 7.80. The number of amides is 1. The Kier molecular flexibility index (Phi) is 6.00. The van der Waals surface area contributed by atoms with Gasteiger partial charge in [-0.3, -0.25) is 15.6 Å². The van der Waals surface area contributed by atoms with Crippen molar-refractivity contribution in [2.24, 2.45) is 0 Å². The molecule has 7 heteroatoms. The number of para-hydroxylation sites is 1. The van der Waals surface area contributed by atoms with Crippen LogP contribution in [-0.4, -0.2) is 11.0 Å². The summed E-state index contributed by atoms with van der Waals surface area (Å²) in [5.41, 5.74) is 6.66. The van der Waals surface area contributed by atoms with Crippen LogP contribution < -0.4 is 16.2 Å². The zero-order valence-corrected chi connectivity index (χ0v) is 13.7. The van der Waals surface area contributed by atoms with Gasteiger partial charge in [0.2, 0.25) is 5.91 Å². The molecule has 0 spiro atoms. The van der Waals surface area contributed by atoms with E-state index in [0.717, 1.165) is 5.69 Å². The molecule has 3 N–H and O–H groups in total. The van der Waals surface area contributed by atoms with Gasteiger partial charge in [-0.25, -0.2) is 0 Å². The molecule has 2 aromatic rings. The summed E-state index contributed by atoms with van der Waals surface area (Å²) < 4.78 is 0. The van der Waals surface area contributed by atoms with Crippen molar-refractivity contribution in [2.75, 3.05) is 5.32 Å². The van der Waals surface area contributed by atoms with E-state index in [-0.39, 0.29) is 12.3 Å². The molecule has 0 aromatic heterocycles. The molecule has 1 amide bonds. The predicted octanol–water partition coefficient (Wildman–Crippen LogP) is 3.55. The monoisotopic (exact) mass is 353 g/mol. The van der Waals surface area contributed by atoms with Gasteiger partial charge in [0.15, 0.2) is 5.11 Å². The Morgan fingerprint density at radius 2 is 1.77 bits per heavy atom. The van der Waals surface area contributed by atoms with Crippen LogP contribution in [0.3, 0.4) is 0 Å². The molecule has 2 rings (SSSR count). The third-order valence-corrected chi connectivity index (χ3v) is 3.50. The fraction of sp³-hybridized carbons (Fsp3) is 0.0667. The minimum atomic E-state index is -0.263. The zero-order chi connectivity index (χ0) is 15.9. The largest absolute Gasteiger partial charge is 0.331 e. The minimum absolute atomic E-state index is 0.122. The van der Waals surface area contributed by atoms with E-state index in [1.165, 1.54) is 0 Å². The number of thiocarbonyl (C=S) groups is 1. The number of carbonyl (C=O) groups is 1. The fourth-order valence-electron chi connectivity index (χ4n) is 1.69. The van der Waals surface area contributed by atoms with Gasteiger partial charge < -0.3 is 5.32 Å². The van der Waals surface area contributed by atoms with Gasteiger partial charge in [-0.2, -0.15) is 0 Å². The van der Waals surface area contributed by atoms with Gasteiger partial charge in [-0.1, -0.05) is 47.5 Å². The fourth-order valence-corrected chi connectivity index (χ4v) is 2.34.